The molecule has 0 saturated carbocycles. The molecule has 0 bridgehead atoms. The summed E-state index contributed by atoms with van der Waals surface area (Å²) in [6, 6.07) is 0. The quantitative estimate of drug-likeness (QED) is 0.237. The Morgan fingerprint density at radius 2 is 1.00 bits per heavy atom. The molecule has 0 radical (unpaired) electrons. The Kier molecular flexibility index (Phi) is 400. The Hall–Kier alpha value is 0.594. The summed E-state index contributed by atoms with van der Waals surface area (Å²) in [5.41, 5.74) is 0. The maximum Gasteiger partial charge on any atom is 0 e. The zero-order valence-electron chi connectivity index (χ0n) is 1.89. The van der Waals surface area contributed by atoms with Crippen LogP contribution in [-0.2, 0) is 21.7 Å². The molecule has 0 aromatic carbocycles. The van der Waals surface area contributed by atoms with Crippen LogP contribution in [0, 0.1) is 0 Å². The fraction of sp³-hybridized carbons (Fsp3) is 0. The SMILES string of the molecule is O.OO.[Ti]. The molecule has 0 heterocycles. The third-order valence-corrected chi connectivity index (χ3v) is 0. The van der Waals surface area contributed by atoms with Crippen LogP contribution >= 0.6 is 0 Å². The van der Waals surface area contributed by atoms with Gasteiger partial charge in [0.15, 0.2) is 0 Å². The maximum absolute atomic E-state index is 6.00. The van der Waals surface area contributed by atoms with Crippen molar-refractivity contribution < 1.29 is 37.7 Å². The van der Waals surface area contributed by atoms with Gasteiger partial charge in [0.2, 0.25) is 0 Å². The fourth-order valence-electron chi connectivity index (χ4n) is 0. The van der Waals surface area contributed by atoms with Crippen LogP contribution < -0.4 is 0 Å². The van der Waals surface area contributed by atoms with Gasteiger partial charge in [-0.1, -0.05) is 0 Å². The molecule has 0 saturated heterocycles. The average molecular weight is 99.9 g/mol. The van der Waals surface area contributed by atoms with Crippen molar-refractivity contribution in [1.82, 2.24) is 0 Å². The van der Waals surface area contributed by atoms with E-state index in [9.17, 15) is 0 Å². The van der Waals surface area contributed by atoms with Crippen LogP contribution in [0.3, 0.4) is 0 Å². The van der Waals surface area contributed by atoms with E-state index in [1.807, 2.05) is 0 Å². The summed E-state index contributed by atoms with van der Waals surface area (Å²) in [5, 5.41) is 12.0. The van der Waals surface area contributed by atoms with Crippen LogP contribution in [0.15, 0.2) is 0 Å². The van der Waals surface area contributed by atoms with Crippen LogP contribution in [0.2, 0.25) is 0 Å². The van der Waals surface area contributed by atoms with Crippen molar-refractivity contribution in [3.8, 4) is 0 Å². The monoisotopic (exact) mass is 100.0 g/mol. The molecule has 26 valence electrons. The molecule has 3 nitrogen and oxygen atoms in total. The molecule has 0 fully saturated rings. The molecule has 0 aliphatic carbocycles. The third kappa shape index (κ3) is 18.7. The second-order valence-corrected chi connectivity index (χ2v) is 0. The first-order chi connectivity index (χ1) is 1.00. The Balaban J connectivity index is -0.00000000500. The van der Waals surface area contributed by atoms with E-state index in [1.165, 1.54) is 0 Å². The van der Waals surface area contributed by atoms with E-state index in [-0.39, 0.29) is 27.2 Å². The first-order valence-corrected chi connectivity index (χ1v) is 0.200. The van der Waals surface area contributed by atoms with Gasteiger partial charge < -0.3 is 5.48 Å². The predicted molar refractivity (Wildman–Crippen MR) is 8.87 cm³/mol. The van der Waals surface area contributed by atoms with E-state index in [0.29, 0.717) is 0 Å². The van der Waals surface area contributed by atoms with Gasteiger partial charge in [-0.25, -0.2) is 0 Å². The van der Waals surface area contributed by atoms with Crippen molar-refractivity contribution in [2.45, 2.75) is 0 Å². The van der Waals surface area contributed by atoms with Gasteiger partial charge in [0.25, 0.3) is 0 Å². The maximum atomic E-state index is 6.00. The van der Waals surface area contributed by atoms with Crippen molar-refractivity contribution in [3.63, 3.8) is 0 Å². The number of rotatable bonds is 0. The van der Waals surface area contributed by atoms with Crippen molar-refractivity contribution in [2.75, 3.05) is 0 Å². The third-order valence-electron chi connectivity index (χ3n) is 0. The number of hydrogen-bond acceptors (Lipinski definition) is 2. The minimum Gasteiger partial charge on any atom is -0.412 e. The zero-order chi connectivity index (χ0) is 2.00. The predicted octanol–water partition coefficient (Wildman–Crippen LogP) is -0.810. The molecule has 0 aliphatic rings. The van der Waals surface area contributed by atoms with E-state index >= 15 is 0 Å². The zero-order valence-corrected chi connectivity index (χ0v) is 3.46. The van der Waals surface area contributed by atoms with E-state index < -0.39 is 0 Å². The molecule has 0 aliphatic heterocycles. The van der Waals surface area contributed by atoms with Crippen LogP contribution in [-0.4, -0.2) is 16.0 Å². The largest absolute Gasteiger partial charge is 0.412 e. The first kappa shape index (κ1) is 23.4. The Morgan fingerprint density at radius 1 is 1.00 bits per heavy atom. The van der Waals surface area contributed by atoms with Crippen molar-refractivity contribution in [1.29, 1.82) is 0 Å². The summed E-state index contributed by atoms with van der Waals surface area (Å²) in [7, 11) is 0. The molecule has 0 aromatic rings. The summed E-state index contributed by atoms with van der Waals surface area (Å²) in [6.45, 7) is 0. The molecule has 0 amide bonds. The van der Waals surface area contributed by atoms with Gasteiger partial charge in [0.05, 0.1) is 0 Å². The molecular weight excluding hydrogens is 95.9 g/mol. The van der Waals surface area contributed by atoms with Gasteiger partial charge in [-0.05, 0) is 0 Å². The van der Waals surface area contributed by atoms with Gasteiger partial charge in [0, 0.05) is 21.7 Å². The van der Waals surface area contributed by atoms with Crippen LogP contribution in [0.4, 0.5) is 0 Å². The minimum atomic E-state index is 0. The fourth-order valence-corrected chi connectivity index (χ4v) is 0. The van der Waals surface area contributed by atoms with Crippen LogP contribution in [0.25, 0.3) is 0 Å². The minimum absolute atomic E-state index is 0. The van der Waals surface area contributed by atoms with Crippen LogP contribution in [0.5, 0.6) is 0 Å². The molecule has 0 spiro atoms. The number of hydrogen-bond donors (Lipinski definition) is 2. The summed E-state index contributed by atoms with van der Waals surface area (Å²) < 4.78 is 0. The van der Waals surface area contributed by atoms with Gasteiger partial charge >= 0.3 is 0 Å². The molecule has 4 N–H and O–H groups in total. The first-order valence-electron chi connectivity index (χ1n) is 0.200. The van der Waals surface area contributed by atoms with E-state index in [4.69, 9.17) is 10.5 Å². The average Bonchev–Trinajstić information content (AvgIpc) is 1.00. The molecular formula is H4O3Ti. The Bertz CT molecular complexity index is 3.25. The molecule has 0 aromatic heterocycles. The van der Waals surface area contributed by atoms with Gasteiger partial charge in [-0.3, -0.25) is 10.5 Å². The summed E-state index contributed by atoms with van der Waals surface area (Å²) in [4.78, 5) is 0. The van der Waals surface area contributed by atoms with E-state index in [0.717, 1.165) is 0 Å². The van der Waals surface area contributed by atoms with Crippen molar-refractivity contribution in [2.24, 2.45) is 0 Å². The van der Waals surface area contributed by atoms with E-state index in [2.05, 4.69) is 0 Å². The summed E-state index contributed by atoms with van der Waals surface area (Å²) in [6.07, 6.45) is 0. The molecule has 0 unspecified atom stereocenters. The second kappa shape index (κ2) is 68.5. The van der Waals surface area contributed by atoms with Crippen molar-refractivity contribution in [3.05, 3.63) is 0 Å². The summed E-state index contributed by atoms with van der Waals surface area (Å²) in [5.74, 6) is 0. The smallest absolute Gasteiger partial charge is 0 e. The topological polar surface area (TPSA) is 72.0 Å². The molecule has 4 heavy (non-hydrogen) atoms. The Labute approximate surface area is 38.4 Å². The van der Waals surface area contributed by atoms with Gasteiger partial charge in [0.1, 0.15) is 0 Å². The molecule has 4 heteroatoms. The van der Waals surface area contributed by atoms with Crippen molar-refractivity contribution >= 4 is 0 Å². The summed E-state index contributed by atoms with van der Waals surface area (Å²) >= 11 is 0. The van der Waals surface area contributed by atoms with Crippen LogP contribution in [0.1, 0.15) is 0 Å². The normalized spacial score (nSPS) is 1.50. The molecule has 0 rings (SSSR count). The Morgan fingerprint density at radius 3 is 1.00 bits per heavy atom. The van der Waals surface area contributed by atoms with Gasteiger partial charge in [-0.15, -0.1) is 0 Å². The standard InChI is InChI=1S/H2O2.H2O.Ti/c1-2;;/h1-2H;1H2;. The van der Waals surface area contributed by atoms with Gasteiger partial charge in [-0.2, -0.15) is 0 Å². The molecule has 0 atom stereocenters. The van der Waals surface area contributed by atoms with E-state index in [1.54, 1.807) is 0 Å². The second-order valence-electron chi connectivity index (χ2n) is 0.